The van der Waals surface area contributed by atoms with Crippen LogP contribution in [0.5, 0.6) is 0 Å². The summed E-state index contributed by atoms with van der Waals surface area (Å²) in [6, 6.07) is 14.0. The molecule has 0 aliphatic heterocycles. The van der Waals surface area contributed by atoms with E-state index >= 15 is 0 Å². The Morgan fingerprint density at radius 2 is 1.71 bits per heavy atom. The summed E-state index contributed by atoms with van der Waals surface area (Å²) >= 11 is 0. The Labute approximate surface area is 125 Å². The molecule has 3 rings (SSSR count). The van der Waals surface area contributed by atoms with Gasteiger partial charge in [-0.3, -0.25) is 4.79 Å². The normalized spacial score (nSPS) is 15.6. The molecule has 1 amide bonds. The van der Waals surface area contributed by atoms with Crippen molar-refractivity contribution in [3.63, 3.8) is 0 Å². The minimum atomic E-state index is 0.120. The third-order valence-corrected chi connectivity index (χ3v) is 4.10. The third-order valence-electron chi connectivity index (χ3n) is 4.10. The molecule has 0 spiro atoms. The first-order valence-electron chi connectivity index (χ1n) is 7.65. The van der Waals surface area contributed by atoms with Crippen LogP contribution in [0.25, 0.3) is 11.1 Å². The van der Waals surface area contributed by atoms with Gasteiger partial charge in [0.2, 0.25) is 5.91 Å². The second-order valence-corrected chi connectivity index (χ2v) is 5.62. The molecule has 0 bridgehead atoms. The van der Waals surface area contributed by atoms with Gasteiger partial charge in [0.15, 0.2) is 0 Å². The van der Waals surface area contributed by atoms with Crippen LogP contribution in [0.15, 0.2) is 48.7 Å². The summed E-state index contributed by atoms with van der Waals surface area (Å²) in [4.78, 5) is 16.5. The molecule has 0 radical (unpaired) electrons. The maximum atomic E-state index is 12.2. The summed E-state index contributed by atoms with van der Waals surface area (Å²) < 4.78 is 0. The first-order valence-corrected chi connectivity index (χ1v) is 7.65. The van der Waals surface area contributed by atoms with E-state index in [2.05, 4.69) is 22.4 Å². The lowest BCUT2D eigenvalue weighted by molar-refractivity contribution is -0.120. The highest BCUT2D eigenvalue weighted by molar-refractivity contribution is 5.91. The standard InChI is InChI=1S/C18H20N2O/c21-18(15-9-5-2-6-10-15)20-17-12-11-16(13-19-17)14-7-3-1-4-8-14/h1,3-4,7-8,11-13,15H,2,5-6,9-10H2,(H,19,20,21). The van der Waals surface area contributed by atoms with E-state index in [1.165, 1.54) is 19.3 Å². The Hall–Kier alpha value is -2.16. The lowest BCUT2D eigenvalue weighted by atomic mass is 9.89. The van der Waals surface area contributed by atoms with Crippen molar-refractivity contribution in [2.24, 2.45) is 5.92 Å². The number of carbonyl (C=O) groups excluding carboxylic acids is 1. The average Bonchev–Trinajstić information content (AvgIpc) is 2.57. The van der Waals surface area contributed by atoms with E-state index in [1.54, 1.807) is 0 Å². The van der Waals surface area contributed by atoms with Crippen molar-refractivity contribution >= 4 is 11.7 Å². The lowest BCUT2D eigenvalue weighted by Crippen LogP contribution is -2.25. The van der Waals surface area contributed by atoms with Gasteiger partial charge in [-0.1, -0.05) is 49.6 Å². The Bertz CT molecular complexity index is 586. The van der Waals surface area contributed by atoms with Gasteiger partial charge in [0.05, 0.1) is 0 Å². The van der Waals surface area contributed by atoms with Gasteiger partial charge in [-0.2, -0.15) is 0 Å². The Kier molecular flexibility index (Phi) is 4.29. The largest absolute Gasteiger partial charge is 0.310 e. The Morgan fingerprint density at radius 3 is 2.38 bits per heavy atom. The van der Waals surface area contributed by atoms with Crippen molar-refractivity contribution in [2.45, 2.75) is 32.1 Å². The van der Waals surface area contributed by atoms with Gasteiger partial charge in [-0.25, -0.2) is 4.98 Å². The fraction of sp³-hybridized carbons (Fsp3) is 0.333. The van der Waals surface area contributed by atoms with Crippen LogP contribution >= 0.6 is 0 Å². The van der Waals surface area contributed by atoms with Crippen LogP contribution in [0.2, 0.25) is 0 Å². The fourth-order valence-corrected chi connectivity index (χ4v) is 2.86. The molecule has 3 heteroatoms. The van der Waals surface area contributed by atoms with Gasteiger partial charge in [0.1, 0.15) is 5.82 Å². The van der Waals surface area contributed by atoms with Gasteiger partial charge in [0, 0.05) is 17.7 Å². The number of amides is 1. The zero-order chi connectivity index (χ0) is 14.5. The van der Waals surface area contributed by atoms with Crippen molar-refractivity contribution in [3.05, 3.63) is 48.7 Å². The molecule has 108 valence electrons. The van der Waals surface area contributed by atoms with E-state index in [-0.39, 0.29) is 11.8 Å². The number of anilines is 1. The van der Waals surface area contributed by atoms with Crippen molar-refractivity contribution in [3.8, 4) is 11.1 Å². The molecule has 3 nitrogen and oxygen atoms in total. The summed E-state index contributed by atoms with van der Waals surface area (Å²) in [5.41, 5.74) is 2.20. The van der Waals surface area contributed by atoms with Crippen molar-refractivity contribution < 1.29 is 4.79 Å². The molecular formula is C18H20N2O. The maximum absolute atomic E-state index is 12.2. The number of nitrogens with zero attached hydrogens (tertiary/aromatic N) is 1. The average molecular weight is 280 g/mol. The number of carbonyl (C=O) groups is 1. The van der Waals surface area contributed by atoms with E-state index in [0.717, 1.165) is 24.0 Å². The molecule has 1 aliphatic rings. The van der Waals surface area contributed by atoms with Crippen LogP contribution in [-0.4, -0.2) is 10.9 Å². The van der Waals surface area contributed by atoms with Crippen LogP contribution in [-0.2, 0) is 4.79 Å². The predicted octanol–water partition coefficient (Wildman–Crippen LogP) is 4.27. The van der Waals surface area contributed by atoms with Gasteiger partial charge in [-0.15, -0.1) is 0 Å². The molecule has 1 heterocycles. The molecule has 1 aromatic carbocycles. The lowest BCUT2D eigenvalue weighted by Gasteiger charge is -2.20. The van der Waals surface area contributed by atoms with Crippen LogP contribution in [0.4, 0.5) is 5.82 Å². The number of hydrogen-bond donors (Lipinski definition) is 1. The summed E-state index contributed by atoms with van der Waals surface area (Å²) in [5, 5.41) is 2.94. The zero-order valence-electron chi connectivity index (χ0n) is 12.1. The predicted molar refractivity (Wildman–Crippen MR) is 84.9 cm³/mol. The monoisotopic (exact) mass is 280 g/mol. The second kappa shape index (κ2) is 6.53. The molecule has 1 aromatic heterocycles. The van der Waals surface area contributed by atoms with Crippen molar-refractivity contribution in [2.75, 3.05) is 5.32 Å². The number of hydrogen-bond acceptors (Lipinski definition) is 2. The number of rotatable bonds is 3. The second-order valence-electron chi connectivity index (χ2n) is 5.62. The number of nitrogens with one attached hydrogen (secondary N) is 1. The van der Waals surface area contributed by atoms with Crippen LogP contribution in [0.1, 0.15) is 32.1 Å². The van der Waals surface area contributed by atoms with Crippen molar-refractivity contribution in [1.29, 1.82) is 0 Å². The smallest absolute Gasteiger partial charge is 0.228 e. The van der Waals surface area contributed by atoms with Gasteiger partial charge >= 0.3 is 0 Å². The van der Waals surface area contributed by atoms with E-state index in [0.29, 0.717) is 5.82 Å². The molecular weight excluding hydrogens is 260 g/mol. The van der Waals surface area contributed by atoms with Gasteiger partial charge < -0.3 is 5.32 Å². The minimum absolute atomic E-state index is 0.120. The molecule has 0 atom stereocenters. The molecule has 1 fully saturated rings. The number of aromatic nitrogens is 1. The van der Waals surface area contributed by atoms with E-state index in [9.17, 15) is 4.79 Å². The third kappa shape index (κ3) is 3.48. The summed E-state index contributed by atoms with van der Waals surface area (Å²) in [6.07, 6.45) is 7.42. The van der Waals surface area contributed by atoms with Crippen LogP contribution < -0.4 is 5.32 Å². The van der Waals surface area contributed by atoms with Gasteiger partial charge in [-0.05, 0) is 30.5 Å². The number of benzene rings is 1. The molecule has 21 heavy (non-hydrogen) atoms. The fourth-order valence-electron chi connectivity index (χ4n) is 2.86. The van der Waals surface area contributed by atoms with E-state index < -0.39 is 0 Å². The molecule has 0 unspecified atom stereocenters. The minimum Gasteiger partial charge on any atom is -0.310 e. The molecule has 1 N–H and O–H groups in total. The first kappa shape index (κ1) is 13.8. The van der Waals surface area contributed by atoms with Gasteiger partial charge in [0.25, 0.3) is 0 Å². The topological polar surface area (TPSA) is 42.0 Å². The van der Waals surface area contributed by atoms with Crippen LogP contribution in [0.3, 0.4) is 0 Å². The van der Waals surface area contributed by atoms with E-state index in [4.69, 9.17) is 0 Å². The van der Waals surface area contributed by atoms with E-state index in [1.807, 2.05) is 36.5 Å². The van der Waals surface area contributed by atoms with Crippen LogP contribution in [0, 0.1) is 5.92 Å². The summed E-state index contributed by atoms with van der Waals surface area (Å²) in [5.74, 6) is 0.925. The highest BCUT2D eigenvalue weighted by Crippen LogP contribution is 2.25. The quantitative estimate of drug-likeness (QED) is 0.912. The highest BCUT2D eigenvalue weighted by Gasteiger charge is 2.21. The Morgan fingerprint density at radius 1 is 0.952 bits per heavy atom. The molecule has 2 aromatic rings. The number of pyridine rings is 1. The SMILES string of the molecule is O=C(Nc1ccc(-c2ccccc2)cn1)C1CCCCC1. The Balaban J connectivity index is 1.65. The zero-order valence-corrected chi connectivity index (χ0v) is 12.1. The summed E-state index contributed by atoms with van der Waals surface area (Å²) in [6.45, 7) is 0. The molecule has 1 saturated carbocycles. The summed E-state index contributed by atoms with van der Waals surface area (Å²) in [7, 11) is 0. The molecule has 0 saturated heterocycles. The first-order chi connectivity index (χ1) is 10.3. The van der Waals surface area contributed by atoms with Crippen molar-refractivity contribution in [1.82, 2.24) is 4.98 Å². The highest BCUT2D eigenvalue weighted by atomic mass is 16.1. The molecule has 1 aliphatic carbocycles. The maximum Gasteiger partial charge on any atom is 0.228 e.